The molecule has 0 fully saturated rings. The van der Waals surface area contributed by atoms with E-state index in [0.717, 1.165) is 11.3 Å². The minimum Gasteiger partial charge on any atom is -0.460 e. The first kappa shape index (κ1) is 25.4. The van der Waals surface area contributed by atoms with Crippen LogP contribution >= 0.6 is 0 Å². The second-order valence-electron chi connectivity index (χ2n) is 12.8. The topological polar surface area (TPSA) is 13.1 Å². The minimum absolute atomic E-state index is 0.0270. The van der Waals surface area contributed by atoms with Crippen molar-refractivity contribution in [3.8, 4) is 22.3 Å². The molecule has 44 heavy (non-hydrogen) atoms. The molecule has 1 aromatic heterocycles. The Kier molecular flexibility index (Phi) is 5.44. The Hall–Kier alpha value is -5.14. The average molecular weight is 565 g/mol. The lowest BCUT2D eigenvalue weighted by Gasteiger charge is -2.36. The lowest BCUT2D eigenvalue weighted by Crippen LogP contribution is -2.23. The van der Waals surface area contributed by atoms with E-state index in [9.17, 15) is 0 Å². The monoisotopic (exact) mass is 564 g/mol. The minimum atomic E-state index is -0.0270. The van der Waals surface area contributed by atoms with Gasteiger partial charge in [0.25, 0.3) is 0 Å². The van der Waals surface area contributed by atoms with Gasteiger partial charge in [0.2, 0.25) is 0 Å². The fourth-order valence-electron chi connectivity index (χ4n) is 8.13. The van der Waals surface area contributed by atoms with Crippen molar-refractivity contribution in [2.45, 2.75) is 25.2 Å². The summed E-state index contributed by atoms with van der Waals surface area (Å²) >= 11 is 0. The zero-order valence-electron chi connectivity index (χ0n) is 24.9. The fourth-order valence-corrected chi connectivity index (χ4v) is 8.13. The van der Waals surface area contributed by atoms with Crippen LogP contribution in [0.1, 0.15) is 53.3 Å². The highest BCUT2D eigenvalue weighted by Gasteiger charge is 2.40. The Morgan fingerprint density at radius 1 is 0.614 bits per heavy atom. The Morgan fingerprint density at radius 3 is 2.23 bits per heavy atom. The number of furan rings is 1. The zero-order chi connectivity index (χ0) is 29.4. The van der Waals surface area contributed by atoms with Crippen LogP contribution in [0.15, 0.2) is 156 Å². The molecule has 0 saturated heterocycles. The number of benzene rings is 5. The predicted octanol–water partition coefficient (Wildman–Crippen LogP) is 11.1. The molecule has 1 heteroatoms. The summed E-state index contributed by atoms with van der Waals surface area (Å²) < 4.78 is 6.99. The lowest BCUT2D eigenvalue weighted by molar-refractivity contribution is 0.484. The molecule has 0 saturated carbocycles. The van der Waals surface area contributed by atoms with Gasteiger partial charge in [0.15, 0.2) is 0 Å². The standard InChI is InChI=1S/C43H32O/c1-43(2)36-22-12-10-16-29(36)35-26-28(24-25-37(35)43)40-34-21-11-13-23-38(34)44-42(40)41-32-19-8-6-17-30(32)39(27-14-4-3-5-15-27)31-18-7-9-20-33(31)41/h3-26,32,41H,1-2H3. The summed E-state index contributed by atoms with van der Waals surface area (Å²) in [6, 6.07) is 44.3. The normalized spacial score (nSPS) is 19.0. The highest BCUT2D eigenvalue weighted by molar-refractivity contribution is 5.99. The maximum atomic E-state index is 6.99. The molecule has 0 N–H and O–H groups in total. The van der Waals surface area contributed by atoms with E-state index in [4.69, 9.17) is 4.42 Å². The second kappa shape index (κ2) is 9.43. The zero-order valence-corrected chi connectivity index (χ0v) is 24.9. The third kappa shape index (κ3) is 3.53. The maximum absolute atomic E-state index is 6.99. The molecule has 0 radical (unpaired) electrons. The first-order chi connectivity index (χ1) is 21.6. The Bertz CT molecular complexity index is 2200. The Labute approximate surface area is 258 Å². The number of fused-ring (bicyclic) bond motifs is 6. The molecule has 0 amide bonds. The van der Waals surface area contributed by atoms with Crippen molar-refractivity contribution in [2.75, 3.05) is 0 Å². The van der Waals surface area contributed by atoms with Crippen molar-refractivity contribution >= 4 is 16.5 Å². The average Bonchev–Trinajstić information content (AvgIpc) is 3.56. The van der Waals surface area contributed by atoms with Crippen molar-refractivity contribution in [1.82, 2.24) is 0 Å². The molecule has 0 bridgehead atoms. The van der Waals surface area contributed by atoms with Gasteiger partial charge in [0.05, 0.1) is 5.92 Å². The SMILES string of the molecule is CC1(C)c2ccccc2-c2cc(-c3c(C4c5ccccc5C(c5ccccc5)=C5C=CC=CC54)oc4ccccc34)ccc21. The van der Waals surface area contributed by atoms with Gasteiger partial charge < -0.3 is 4.42 Å². The first-order valence-electron chi connectivity index (χ1n) is 15.6. The summed E-state index contributed by atoms with van der Waals surface area (Å²) in [5.41, 5.74) is 15.3. The highest BCUT2D eigenvalue weighted by atomic mass is 16.3. The van der Waals surface area contributed by atoms with Gasteiger partial charge in [0.1, 0.15) is 11.3 Å². The molecule has 6 aromatic rings. The number of allylic oxidation sites excluding steroid dienone is 5. The Balaban J connectivity index is 1.31. The molecular formula is C43H32O. The van der Waals surface area contributed by atoms with Crippen molar-refractivity contribution in [2.24, 2.45) is 5.92 Å². The molecule has 0 spiro atoms. The predicted molar refractivity (Wildman–Crippen MR) is 182 cm³/mol. The van der Waals surface area contributed by atoms with E-state index in [1.54, 1.807) is 0 Å². The van der Waals surface area contributed by atoms with E-state index in [-0.39, 0.29) is 17.3 Å². The van der Waals surface area contributed by atoms with Gasteiger partial charge in [-0.3, -0.25) is 0 Å². The molecule has 1 nitrogen and oxygen atoms in total. The summed E-state index contributed by atoms with van der Waals surface area (Å²) in [6.07, 6.45) is 9.07. The van der Waals surface area contributed by atoms with Crippen LogP contribution < -0.4 is 0 Å². The molecular weight excluding hydrogens is 532 g/mol. The van der Waals surface area contributed by atoms with E-state index < -0.39 is 0 Å². The second-order valence-corrected chi connectivity index (χ2v) is 12.8. The molecule has 2 unspecified atom stereocenters. The number of hydrogen-bond acceptors (Lipinski definition) is 1. The molecule has 5 aromatic carbocycles. The molecule has 2 atom stereocenters. The molecule has 210 valence electrons. The third-order valence-corrected chi connectivity index (χ3v) is 10.1. The van der Waals surface area contributed by atoms with E-state index in [1.807, 2.05) is 0 Å². The van der Waals surface area contributed by atoms with Gasteiger partial charge in [-0.05, 0) is 67.8 Å². The van der Waals surface area contributed by atoms with E-state index in [0.29, 0.717) is 0 Å². The van der Waals surface area contributed by atoms with E-state index >= 15 is 0 Å². The van der Waals surface area contributed by atoms with Gasteiger partial charge >= 0.3 is 0 Å². The van der Waals surface area contributed by atoms with Crippen LogP contribution in [0, 0.1) is 5.92 Å². The van der Waals surface area contributed by atoms with Crippen LogP contribution in [0.5, 0.6) is 0 Å². The fraction of sp³-hybridized carbons (Fsp3) is 0.116. The van der Waals surface area contributed by atoms with Crippen LogP contribution in [0.2, 0.25) is 0 Å². The van der Waals surface area contributed by atoms with Crippen molar-refractivity contribution in [3.63, 3.8) is 0 Å². The largest absolute Gasteiger partial charge is 0.460 e. The smallest absolute Gasteiger partial charge is 0.134 e. The molecule has 9 rings (SSSR count). The summed E-state index contributed by atoms with van der Waals surface area (Å²) in [5.74, 6) is 1.23. The van der Waals surface area contributed by atoms with Crippen LogP contribution in [0.3, 0.4) is 0 Å². The van der Waals surface area contributed by atoms with Crippen LogP contribution in [-0.2, 0) is 5.41 Å². The quantitative estimate of drug-likeness (QED) is 0.208. The summed E-state index contributed by atoms with van der Waals surface area (Å²) in [4.78, 5) is 0. The molecule has 0 aliphatic heterocycles. The van der Waals surface area contributed by atoms with Gasteiger partial charge in [-0.1, -0.05) is 147 Å². The molecule has 3 aliphatic carbocycles. The summed E-state index contributed by atoms with van der Waals surface area (Å²) in [5, 5.41) is 1.17. The maximum Gasteiger partial charge on any atom is 0.134 e. The van der Waals surface area contributed by atoms with Crippen molar-refractivity contribution < 1.29 is 4.42 Å². The summed E-state index contributed by atoms with van der Waals surface area (Å²) in [7, 11) is 0. The first-order valence-corrected chi connectivity index (χ1v) is 15.6. The van der Waals surface area contributed by atoms with Crippen molar-refractivity contribution in [1.29, 1.82) is 0 Å². The third-order valence-electron chi connectivity index (χ3n) is 10.1. The van der Waals surface area contributed by atoms with Gasteiger partial charge in [0, 0.05) is 22.3 Å². The van der Waals surface area contributed by atoms with E-state index in [1.165, 1.54) is 66.6 Å². The number of hydrogen-bond donors (Lipinski definition) is 0. The molecule has 3 aliphatic rings. The van der Waals surface area contributed by atoms with Crippen LogP contribution in [0.25, 0.3) is 38.8 Å². The number of para-hydroxylation sites is 1. The van der Waals surface area contributed by atoms with Crippen molar-refractivity contribution in [3.05, 3.63) is 185 Å². The molecule has 1 heterocycles. The van der Waals surface area contributed by atoms with Gasteiger partial charge in [-0.15, -0.1) is 0 Å². The lowest BCUT2D eigenvalue weighted by atomic mass is 9.67. The number of rotatable bonds is 3. The van der Waals surface area contributed by atoms with Crippen LogP contribution in [-0.4, -0.2) is 0 Å². The van der Waals surface area contributed by atoms with Gasteiger partial charge in [-0.25, -0.2) is 0 Å². The Morgan fingerprint density at radius 2 is 1.34 bits per heavy atom. The highest BCUT2D eigenvalue weighted by Crippen LogP contribution is 2.55. The summed E-state index contributed by atoms with van der Waals surface area (Å²) in [6.45, 7) is 4.69. The van der Waals surface area contributed by atoms with Gasteiger partial charge in [-0.2, -0.15) is 0 Å². The van der Waals surface area contributed by atoms with Crippen LogP contribution in [0.4, 0.5) is 0 Å². The van der Waals surface area contributed by atoms with E-state index in [2.05, 4.69) is 159 Å².